The van der Waals surface area contributed by atoms with Gasteiger partial charge in [0.1, 0.15) is 11.9 Å². The predicted molar refractivity (Wildman–Crippen MR) is 127 cm³/mol. The molecule has 1 aliphatic carbocycles. The van der Waals surface area contributed by atoms with Crippen LogP contribution in [0.25, 0.3) is 0 Å². The van der Waals surface area contributed by atoms with Crippen LogP contribution in [0.1, 0.15) is 30.8 Å². The lowest BCUT2D eigenvalue weighted by molar-refractivity contribution is -0.141. The number of alkyl halides is 3. The minimum atomic E-state index is -4.69. The van der Waals surface area contributed by atoms with Crippen molar-refractivity contribution in [2.75, 3.05) is 49.1 Å². The van der Waals surface area contributed by atoms with Crippen molar-refractivity contribution >= 4 is 33.9 Å². The van der Waals surface area contributed by atoms with Crippen LogP contribution in [-0.2, 0) is 17.0 Å². The first kappa shape index (κ1) is 24.3. The Morgan fingerprint density at radius 2 is 1.77 bits per heavy atom. The Morgan fingerprint density at radius 1 is 1.03 bits per heavy atom. The van der Waals surface area contributed by atoms with E-state index < -0.39 is 28.5 Å². The monoisotopic (exact) mass is 524 g/mol. The van der Waals surface area contributed by atoms with Crippen LogP contribution in [0.2, 0.25) is 5.02 Å². The fraction of sp³-hybridized carbons (Fsp3) is 0.522. The number of nitrogens with zero attached hydrogens (tertiary/aromatic N) is 6. The molecule has 0 radical (unpaired) electrons. The van der Waals surface area contributed by atoms with Crippen molar-refractivity contribution in [3.63, 3.8) is 0 Å². The predicted octanol–water partition coefficient (Wildman–Crippen LogP) is 3.69. The van der Waals surface area contributed by atoms with Gasteiger partial charge in [-0.3, -0.25) is 9.11 Å². The third kappa shape index (κ3) is 5.25. The molecular formula is C23H24ClF3N6OS. The highest BCUT2D eigenvalue weighted by molar-refractivity contribution is 7.85. The van der Waals surface area contributed by atoms with E-state index in [1.165, 1.54) is 12.8 Å². The summed E-state index contributed by atoms with van der Waals surface area (Å²) in [6, 6.07) is 8.76. The normalized spacial score (nSPS) is 22.3. The first-order valence-corrected chi connectivity index (χ1v) is 13.1. The quantitative estimate of drug-likeness (QED) is 0.590. The van der Waals surface area contributed by atoms with Gasteiger partial charge >= 0.3 is 6.18 Å². The Hall–Kier alpha value is -2.42. The average molecular weight is 525 g/mol. The Morgan fingerprint density at radius 3 is 2.40 bits per heavy atom. The van der Waals surface area contributed by atoms with Crippen LogP contribution in [0.3, 0.4) is 0 Å². The first-order valence-electron chi connectivity index (χ1n) is 11.5. The molecule has 35 heavy (non-hydrogen) atoms. The maximum atomic E-state index is 13.3. The standard InChI is InChI=1S/C23H24ClF3N6OS/c24-18-11-16(32-9-7-31(8-10-32)15-1-2-15)3-4-19(18)35(34)17-5-6-33(14-17)22-12-20(23(25,26)27)29-21(13-28)30-22/h3-4,11-12,15,17H,1-2,5-10,14H2. The topological polar surface area (TPSA) is 76.4 Å². The lowest BCUT2D eigenvalue weighted by Gasteiger charge is -2.36. The van der Waals surface area contributed by atoms with Gasteiger partial charge in [0.25, 0.3) is 0 Å². The van der Waals surface area contributed by atoms with Gasteiger partial charge in [0.05, 0.1) is 26.0 Å². The van der Waals surface area contributed by atoms with E-state index in [9.17, 15) is 17.4 Å². The number of halogens is 4. The molecule has 186 valence electrons. The zero-order valence-electron chi connectivity index (χ0n) is 18.8. The lowest BCUT2D eigenvalue weighted by Crippen LogP contribution is -2.47. The second-order valence-electron chi connectivity index (χ2n) is 9.07. The van der Waals surface area contributed by atoms with Gasteiger partial charge in [0, 0.05) is 57.1 Å². The second-order valence-corrected chi connectivity index (χ2v) is 11.2. The second kappa shape index (κ2) is 9.56. The summed E-state index contributed by atoms with van der Waals surface area (Å²) in [5.74, 6) is -0.536. The van der Waals surface area contributed by atoms with E-state index in [4.69, 9.17) is 16.9 Å². The van der Waals surface area contributed by atoms with E-state index in [1.807, 2.05) is 12.1 Å². The van der Waals surface area contributed by atoms with E-state index >= 15 is 0 Å². The molecule has 0 N–H and O–H groups in total. The van der Waals surface area contributed by atoms with Gasteiger partial charge in [0.15, 0.2) is 5.69 Å². The van der Waals surface area contributed by atoms with Crippen LogP contribution in [0, 0.1) is 11.3 Å². The molecule has 3 aliphatic rings. The highest BCUT2D eigenvalue weighted by Crippen LogP contribution is 2.34. The van der Waals surface area contributed by atoms with E-state index in [0.717, 1.165) is 44.0 Å². The van der Waals surface area contributed by atoms with Crippen LogP contribution in [-0.4, -0.2) is 69.6 Å². The van der Waals surface area contributed by atoms with Crippen molar-refractivity contribution < 1.29 is 17.4 Å². The third-order valence-electron chi connectivity index (χ3n) is 6.75. The SMILES string of the molecule is N#Cc1nc(N2CCC(S(=O)c3ccc(N4CCN(C5CC5)CC4)cc3Cl)C2)cc(C(F)(F)F)n1. The molecule has 7 nitrogen and oxygen atoms in total. The zero-order chi connectivity index (χ0) is 24.7. The number of hydrogen-bond acceptors (Lipinski definition) is 7. The molecule has 5 rings (SSSR count). The maximum Gasteiger partial charge on any atom is 0.433 e. The highest BCUT2D eigenvalue weighted by Gasteiger charge is 2.36. The van der Waals surface area contributed by atoms with Crippen molar-refractivity contribution in [3.8, 4) is 6.07 Å². The van der Waals surface area contributed by atoms with Crippen LogP contribution in [0.4, 0.5) is 24.7 Å². The van der Waals surface area contributed by atoms with E-state index in [-0.39, 0.29) is 17.6 Å². The van der Waals surface area contributed by atoms with Gasteiger partial charge in [-0.1, -0.05) is 11.6 Å². The minimum Gasteiger partial charge on any atom is -0.369 e. The summed E-state index contributed by atoms with van der Waals surface area (Å²) in [6.45, 7) is 4.53. The summed E-state index contributed by atoms with van der Waals surface area (Å²) in [7, 11) is -1.44. The van der Waals surface area contributed by atoms with Gasteiger partial charge in [-0.05, 0) is 37.5 Å². The number of anilines is 2. The fourth-order valence-corrected chi connectivity index (χ4v) is 6.57. The maximum absolute atomic E-state index is 13.3. The van der Waals surface area contributed by atoms with Crippen LogP contribution in [0.15, 0.2) is 29.2 Å². The number of nitriles is 1. The van der Waals surface area contributed by atoms with Gasteiger partial charge < -0.3 is 9.80 Å². The molecule has 2 aliphatic heterocycles. The van der Waals surface area contributed by atoms with Crippen molar-refractivity contribution in [2.45, 2.75) is 41.6 Å². The summed E-state index contributed by atoms with van der Waals surface area (Å²) >= 11 is 6.55. The summed E-state index contributed by atoms with van der Waals surface area (Å²) in [4.78, 5) is 14.2. The van der Waals surface area contributed by atoms with E-state index in [1.54, 1.807) is 17.0 Å². The number of piperazine rings is 1. The molecule has 0 amide bonds. The Kier molecular flexibility index (Phi) is 6.63. The summed E-state index contributed by atoms with van der Waals surface area (Å²) in [6.07, 6.45) is -1.59. The Balaban J connectivity index is 1.26. The largest absolute Gasteiger partial charge is 0.433 e. The summed E-state index contributed by atoms with van der Waals surface area (Å²) < 4.78 is 52.9. The minimum absolute atomic E-state index is 0.00941. The molecule has 1 aromatic heterocycles. The molecule has 3 fully saturated rings. The summed E-state index contributed by atoms with van der Waals surface area (Å²) in [5, 5.41) is 9.15. The molecule has 2 saturated heterocycles. The molecule has 12 heteroatoms. The zero-order valence-corrected chi connectivity index (χ0v) is 20.4. The number of aromatic nitrogens is 2. The molecule has 1 aromatic carbocycles. The lowest BCUT2D eigenvalue weighted by atomic mass is 10.2. The van der Waals surface area contributed by atoms with Crippen molar-refractivity contribution in [1.29, 1.82) is 5.26 Å². The van der Waals surface area contributed by atoms with Crippen molar-refractivity contribution in [2.24, 2.45) is 0 Å². The number of rotatable bonds is 5. The van der Waals surface area contributed by atoms with Crippen molar-refractivity contribution in [3.05, 3.63) is 40.8 Å². The molecule has 2 unspecified atom stereocenters. The third-order valence-corrected chi connectivity index (χ3v) is 8.95. The van der Waals surface area contributed by atoms with E-state index in [2.05, 4.69) is 19.8 Å². The van der Waals surface area contributed by atoms with Gasteiger partial charge in [-0.15, -0.1) is 0 Å². The molecule has 0 spiro atoms. The molecule has 0 bridgehead atoms. The number of benzene rings is 1. The summed E-state index contributed by atoms with van der Waals surface area (Å²) in [5.41, 5.74) is -0.163. The van der Waals surface area contributed by atoms with Crippen molar-refractivity contribution in [1.82, 2.24) is 14.9 Å². The Bertz CT molecular complexity index is 1180. The van der Waals surface area contributed by atoms with Gasteiger partial charge in [-0.2, -0.15) is 18.4 Å². The number of hydrogen-bond donors (Lipinski definition) is 0. The van der Waals surface area contributed by atoms with Crippen LogP contribution < -0.4 is 9.80 Å². The smallest absolute Gasteiger partial charge is 0.369 e. The highest BCUT2D eigenvalue weighted by atomic mass is 35.5. The molecule has 2 aromatic rings. The van der Waals surface area contributed by atoms with Crippen LogP contribution >= 0.6 is 11.6 Å². The van der Waals surface area contributed by atoms with Gasteiger partial charge in [-0.25, -0.2) is 9.97 Å². The molecular weight excluding hydrogens is 501 g/mol. The first-order chi connectivity index (χ1) is 16.7. The van der Waals surface area contributed by atoms with Crippen LogP contribution in [0.5, 0.6) is 0 Å². The molecule has 2 atom stereocenters. The Labute approximate surface area is 209 Å². The fourth-order valence-electron chi connectivity index (χ4n) is 4.72. The van der Waals surface area contributed by atoms with Gasteiger partial charge in [0.2, 0.25) is 5.82 Å². The average Bonchev–Trinajstić information content (AvgIpc) is 3.58. The van der Waals surface area contributed by atoms with E-state index in [0.29, 0.717) is 22.9 Å². The molecule has 3 heterocycles. The molecule has 1 saturated carbocycles.